The van der Waals surface area contributed by atoms with Crippen LogP contribution in [0.25, 0.3) is 0 Å². The van der Waals surface area contributed by atoms with E-state index in [2.05, 4.69) is 19.1 Å². The van der Waals surface area contributed by atoms with E-state index in [0.29, 0.717) is 29.8 Å². The van der Waals surface area contributed by atoms with Crippen molar-refractivity contribution in [1.29, 1.82) is 0 Å². The van der Waals surface area contributed by atoms with Gasteiger partial charge in [0.05, 0.1) is 6.61 Å². The number of ketones is 1. The molecule has 4 atom stereocenters. The zero-order valence-corrected chi connectivity index (χ0v) is 20.0. The second-order valence-electron chi connectivity index (χ2n) is 9.57. The maximum atomic E-state index is 12.8. The van der Waals surface area contributed by atoms with Gasteiger partial charge in [-0.1, -0.05) is 57.6 Å². The Bertz CT molecular complexity index is 586. The van der Waals surface area contributed by atoms with Crippen LogP contribution in [-0.2, 0) is 9.59 Å². The van der Waals surface area contributed by atoms with Gasteiger partial charge in [-0.25, -0.2) is 4.79 Å². The maximum Gasteiger partial charge on any atom is 0.332 e. The molecule has 0 radical (unpaired) electrons. The van der Waals surface area contributed by atoms with Crippen molar-refractivity contribution in [2.45, 2.75) is 102 Å². The van der Waals surface area contributed by atoms with E-state index >= 15 is 0 Å². The molecule has 0 amide bonds. The number of rotatable bonds is 16. The van der Waals surface area contributed by atoms with E-state index in [9.17, 15) is 19.8 Å². The van der Waals surface area contributed by atoms with Crippen LogP contribution in [0.1, 0.15) is 90.4 Å². The average molecular weight is 455 g/mol. The van der Waals surface area contributed by atoms with Crippen LogP contribution in [0.3, 0.4) is 0 Å². The van der Waals surface area contributed by atoms with Gasteiger partial charge >= 0.3 is 5.97 Å². The molecule has 31 heavy (non-hydrogen) atoms. The van der Waals surface area contributed by atoms with E-state index in [1.165, 1.54) is 38.5 Å². The van der Waals surface area contributed by atoms with Crippen molar-refractivity contribution in [1.82, 2.24) is 0 Å². The lowest BCUT2D eigenvalue weighted by Gasteiger charge is -2.42. The predicted octanol–water partition coefficient (Wildman–Crippen LogP) is 4.99. The number of thioether (sulfide) groups is 1. The molecular formula is C25H42O5S. The summed E-state index contributed by atoms with van der Waals surface area (Å²) in [7, 11) is 0. The van der Waals surface area contributed by atoms with Crippen LogP contribution < -0.4 is 0 Å². The van der Waals surface area contributed by atoms with Crippen molar-refractivity contribution >= 4 is 23.5 Å². The van der Waals surface area contributed by atoms with Gasteiger partial charge in [0.1, 0.15) is 5.78 Å². The molecule has 2 aliphatic carbocycles. The van der Waals surface area contributed by atoms with E-state index in [0.717, 1.165) is 25.7 Å². The SMILES string of the molecule is CCCCC1(CC=C[C@H]2[C@H](SCCO)CC(=O)[C@@H]2CCCCCC(O)C(=O)O)CCC1. The molecule has 1 unspecified atom stereocenters. The molecule has 2 rings (SSSR count). The predicted molar refractivity (Wildman–Crippen MR) is 126 cm³/mol. The molecule has 0 spiro atoms. The molecule has 0 heterocycles. The normalized spacial score (nSPS) is 26.3. The van der Waals surface area contributed by atoms with Gasteiger partial charge in [-0.05, 0) is 49.9 Å². The van der Waals surface area contributed by atoms with Gasteiger partial charge in [-0.3, -0.25) is 4.79 Å². The summed E-state index contributed by atoms with van der Waals surface area (Å²) in [4.78, 5) is 23.5. The number of unbranched alkanes of at least 4 members (excludes halogenated alkanes) is 3. The number of aliphatic hydroxyl groups is 2. The number of carbonyl (C=O) groups is 2. The Hall–Kier alpha value is -0.850. The number of hydrogen-bond donors (Lipinski definition) is 3. The molecule has 6 heteroatoms. The molecule has 5 nitrogen and oxygen atoms in total. The lowest BCUT2D eigenvalue weighted by atomic mass is 9.64. The summed E-state index contributed by atoms with van der Waals surface area (Å²) in [5, 5.41) is 27.7. The number of Topliss-reactive ketones (excluding diaryl/α,β-unsaturated/α-hetero) is 1. The van der Waals surface area contributed by atoms with E-state index in [1.54, 1.807) is 11.8 Å². The van der Waals surface area contributed by atoms with Crippen molar-refractivity contribution in [3.63, 3.8) is 0 Å². The van der Waals surface area contributed by atoms with Gasteiger partial charge in [0, 0.05) is 23.3 Å². The quantitative estimate of drug-likeness (QED) is 0.225. The highest BCUT2D eigenvalue weighted by Crippen LogP contribution is 2.49. The summed E-state index contributed by atoms with van der Waals surface area (Å²) in [6.07, 6.45) is 16.4. The molecule has 2 saturated carbocycles. The molecule has 3 N–H and O–H groups in total. The third-order valence-corrected chi connectivity index (χ3v) is 8.62. The first-order valence-electron chi connectivity index (χ1n) is 12.2. The van der Waals surface area contributed by atoms with E-state index < -0.39 is 12.1 Å². The van der Waals surface area contributed by atoms with E-state index in [-0.39, 0.29) is 30.1 Å². The summed E-state index contributed by atoms with van der Waals surface area (Å²) in [6.45, 7) is 2.39. The Kier molecular flexibility index (Phi) is 11.6. The van der Waals surface area contributed by atoms with Crippen LogP contribution in [0.4, 0.5) is 0 Å². The monoisotopic (exact) mass is 454 g/mol. The molecule has 0 aromatic rings. The van der Waals surface area contributed by atoms with Crippen LogP contribution in [0.5, 0.6) is 0 Å². The topological polar surface area (TPSA) is 94.8 Å². The first-order valence-corrected chi connectivity index (χ1v) is 13.3. The number of carboxylic acid groups (broad SMARTS) is 1. The number of carboxylic acids is 1. The number of hydrogen-bond acceptors (Lipinski definition) is 5. The molecular weight excluding hydrogens is 412 g/mol. The van der Waals surface area contributed by atoms with Gasteiger partial charge in [0.15, 0.2) is 6.10 Å². The van der Waals surface area contributed by atoms with Gasteiger partial charge in [0.25, 0.3) is 0 Å². The van der Waals surface area contributed by atoms with Crippen molar-refractivity contribution in [2.24, 2.45) is 17.3 Å². The molecule has 2 fully saturated rings. The van der Waals surface area contributed by atoms with Gasteiger partial charge in [0.2, 0.25) is 0 Å². The Labute approximate surface area is 192 Å². The third-order valence-electron chi connectivity index (χ3n) is 7.29. The average Bonchev–Trinajstić information content (AvgIpc) is 3.01. The second-order valence-corrected chi connectivity index (χ2v) is 10.9. The first kappa shape index (κ1) is 26.4. The lowest BCUT2D eigenvalue weighted by Crippen LogP contribution is -2.28. The van der Waals surface area contributed by atoms with Crippen LogP contribution in [0, 0.1) is 17.3 Å². The molecule has 2 aliphatic rings. The molecule has 0 aromatic heterocycles. The minimum absolute atomic E-state index is 0.0322. The Morgan fingerprint density at radius 3 is 2.65 bits per heavy atom. The van der Waals surface area contributed by atoms with Crippen molar-refractivity contribution in [3.8, 4) is 0 Å². The zero-order valence-electron chi connectivity index (χ0n) is 19.1. The number of carbonyl (C=O) groups excluding carboxylic acids is 1. The van der Waals surface area contributed by atoms with Crippen LogP contribution in [0.15, 0.2) is 12.2 Å². The minimum atomic E-state index is -1.28. The van der Waals surface area contributed by atoms with Crippen LogP contribution >= 0.6 is 11.8 Å². The molecule has 0 bridgehead atoms. The molecule has 178 valence electrons. The van der Waals surface area contributed by atoms with E-state index in [1.807, 2.05) is 0 Å². The molecule has 0 aliphatic heterocycles. The highest BCUT2D eigenvalue weighted by molar-refractivity contribution is 8.00. The van der Waals surface area contributed by atoms with Crippen molar-refractivity contribution in [2.75, 3.05) is 12.4 Å². The number of allylic oxidation sites excluding steroid dienone is 2. The Balaban J connectivity index is 1.90. The number of aliphatic hydroxyl groups excluding tert-OH is 2. The van der Waals surface area contributed by atoms with Gasteiger partial charge < -0.3 is 15.3 Å². The standard InChI is InChI=1S/C25H42O5S/c1-2-3-12-25(14-8-15-25)13-7-10-20-19(22(28)18-23(20)31-17-16-26)9-5-4-6-11-21(27)24(29)30/h7,10,19-21,23,26-27H,2-6,8-9,11-18H2,1H3,(H,29,30)/t19-,20-,21?,23-/m1/s1. The largest absolute Gasteiger partial charge is 0.479 e. The fourth-order valence-corrected chi connectivity index (χ4v) is 6.40. The molecule has 0 aromatic carbocycles. The highest BCUT2D eigenvalue weighted by Gasteiger charge is 2.41. The minimum Gasteiger partial charge on any atom is -0.479 e. The van der Waals surface area contributed by atoms with Crippen LogP contribution in [-0.4, -0.2) is 50.8 Å². The fourth-order valence-electron chi connectivity index (χ4n) is 5.21. The van der Waals surface area contributed by atoms with E-state index in [4.69, 9.17) is 5.11 Å². The van der Waals surface area contributed by atoms with Crippen LogP contribution in [0.2, 0.25) is 0 Å². The summed E-state index contributed by atoms with van der Waals surface area (Å²) < 4.78 is 0. The van der Waals surface area contributed by atoms with Gasteiger partial charge in [-0.15, -0.1) is 0 Å². The summed E-state index contributed by atoms with van der Waals surface area (Å²) in [5.74, 6) is 0.104. The van der Waals surface area contributed by atoms with Crippen molar-refractivity contribution < 1.29 is 24.9 Å². The summed E-state index contributed by atoms with van der Waals surface area (Å²) in [5.41, 5.74) is 0.489. The smallest absolute Gasteiger partial charge is 0.332 e. The van der Waals surface area contributed by atoms with Crippen molar-refractivity contribution in [3.05, 3.63) is 12.2 Å². The Morgan fingerprint density at radius 2 is 2.03 bits per heavy atom. The molecule has 0 saturated heterocycles. The summed E-state index contributed by atoms with van der Waals surface area (Å²) in [6, 6.07) is 0. The Morgan fingerprint density at radius 1 is 1.26 bits per heavy atom. The fraction of sp³-hybridized carbons (Fsp3) is 0.840. The van der Waals surface area contributed by atoms with Gasteiger partial charge in [-0.2, -0.15) is 11.8 Å². The zero-order chi connectivity index (χ0) is 22.7. The highest BCUT2D eigenvalue weighted by atomic mass is 32.2. The first-order chi connectivity index (χ1) is 14.9. The third kappa shape index (κ3) is 8.21. The number of aliphatic carboxylic acids is 1. The second kappa shape index (κ2) is 13.6. The lowest BCUT2D eigenvalue weighted by molar-refractivity contribution is -0.147. The maximum absolute atomic E-state index is 12.8. The summed E-state index contributed by atoms with van der Waals surface area (Å²) >= 11 is 1.72.